The fourth-order valence-corrected chi connectivity index (χ4v) is 2.13. The average Bonchev–Trinajstić information content (AvgIpc) is 2.65. The first-order valence-corrected chi connectivity index (χ1v) is 7.38. The van der Waals surface area contributed by atoms with Crippen molar-refractivity contribution in [1.29, 1.82) is 0 Å². The van der Waals surface area contributed by atoms with Crippen molar-refractivity contribution in [3.63, 3.8) is 0 Å². The maximum Gasteiger partial charge on any atom is 0.337 e. The highest BCUT2D eigenvalue weighted by atomic mass is 16.5. The van der Waals surface area contributed by atoms with Crippen LogP contribution < -0.4 is 14.2 Å². The van der Waals surface area contributed by atoms with Gasteiger partial charge < -0.3 is 18.9 Å². The van der Waals surface area contributed by atoms with E-state index in [1.54, 1.807) is 24.3 Å². The number of ether oxygens (including phenoxy) is 4. The molecule has 0 aliphatic carbocycles. The Bertz CT molecular complexity index is 777. The molecule has 130 valence electrons. The van der Waals surface area contributed by atoms with Gasteiger partial charge in [-0.1, -0.05) is 12.1 Å². The Kier molecular flexibility index (Phi) is 6.17. The SMILES string of the molecule is COC(=O)c1ccc(OC(=O)/C=C/c2cccc(OC)c2OC)cc1. The maximum atomic E-state index is 11.9. The van der Waals surface area contributed by atoms with Crippen LogP contribution in [0.15, 0.2) is 48.5 Å². The van der Waals surface area contributed by atoms with Gasteiger partial charge in [-0.05, 0) is 36.4 Å². The van der Waals surface area contributed by atoms with E-state index in [0.29, 0.717) is 28.4 Å². The summed E-state index contributed by atoms with van der Waals surface area (Å²) in [6.45, 7) is 0. The molecule has 0 saturated heterocycles. The average molecular weight is 342 g/mol. The summed E-state index contributed by atoms with van der Waals surface area (Å²) in [6.07, 6.45) is 2.86. The normalized spacial score (nSPS) is 10.4. The van der Waals surface area contributed by atoms with Gasteiger partial charge in [-0.25, -0.2) is 9.59 Å². The number of rotatable bonds is 6. The number of carbonyl (C=O) groups is 2. The number of methoxy groups -OCH3 is 3. The molecule has 2 aromatic carbocycles. The molecule has 0 bridgehead atoms. The largest absolute Gasteiger partial charge is 0.493 e. The van der Waals surface area contributed by atoms with Crippen LogP contribution in [-0.2, 0) is 9.53 Å². The second kappa shape index (κ2) is 8.54. The first-order valence-electron chi connectivity index (χ1n) is 7.38. The molecule has 0 amide bonds. The van der Waals surface area contributed by atoms with Gasteiger partial charge in [0.2, 0.25) is 0 Å². The molecule has 6 heteroatoms. The molecule has 0 heterocycles. The lowest BCUT2D eigenvalue weighted by Gasteiger charge is -2.09. The molecule has 0 aromatic heterocycles. The number of hydrogen-bond donors (Lipinski definition) is 0. The van der Waals surface area contributed by atoms with E-state index in [0.717, 1.165) is 0 Å². The van der Waals surface area contributed by atoms with Crippen LogP contribution in [0.25, 0.3) is 6.08 Å². The molecule has 0 fully saturated rings. The van der Waals surface area contributed by atoms with Crippen LogP contribution in [0.1, 0.15) is 15.9 Å². The third kappa shape index (κ3) is 4.60. The molecule has 0 atom stereocenters. The first kappa shape index (κ1) is 18.1. The molecule has 0 aliphatic heterocycles. The van der Waals surface area contributed by atoms with E-state index in [9.17, 15) is 9.59 Å². The second-order valence-electron chi connectivity index (χ2n) is 4.85. The molecule has 6 nitrogen and oxygen atoms in total. The van der Waals surface area contributed by atoms with Crippen molar-refractivity contribution in [3.8, 4) is 17.2 Å². The summed E-state index contributed by atoms with van der Waals surface area (Å²) in [5.41, 5.74) is 1.05. The number of benzene rings is 2. The summed E-state index contributed by atoms with van der Waals surface area (Å²) in [7, 11) is 4.36. The van der Waals surface area contributed by atoms with E-state index in [-0.39, 0.29) is 0 Å². The van der Waals surface area contributed by atoms with Crippen molar-refractivity contribution in [2.75, 3.05) is 21.3 Å². The third-order valence-electron chi connectivity index (χ3n) is 3.33. The fraction of sp³-hybridized carbons (Fsp3) is 0.158. The van der Waals surface area contributed by atoms with Crippen LogP contribution in [0, 0.1) is 0 Å². The zero-order valence-electron chi connectivity index (χ0n) is 14.1. The van der Waals surface area contributed by atoms with Crippen LogP contribution in [0.3, 0.4) is 0 Å². The molecule has 2 aromatic rings. The van der Waals surface area contributed by atoms with E-state index >= 15 is 0 Å². The van der Waals surface area contributed by atoms with Crippen LogP contribution in [0.4, 0.5) is 0 Å². The lowest BCUT2D eigenvalue weighted by molar-refractivity contribution is -0.128. The quantitative estimate of drug-likeness (QED) is 0.456. The Morgan fingerprint density at radius 1 is 0.920 bits per heavy atom. The molecule has 0 saturated carbocycles. The van der Waals surface area contributed by atoms with Gasteiger partial charge in [-0.15, -0.1) is 0 Å². The summed E-state index contributed by atoms with van der Waals surface area (Å²) in [4.78, 5) is 23.3. The summed E-state index contributed by atoms with van der Waals surface area (Å²) in [6, 6.07) is 11.4. The predicted molar refractivity (Wildman–Crippen MR) is 92.0 cm³/mol. The minimum absolute atomic E-state index is 0.319. The molecule has 0 unspecified atom stereocenters. The number of para-hydroxylation sites is 1. The zero-order chi connectivity index (χ0) is 18.2. The molecular formula is C19H18O6. The van der Waals surface area contributed by atoms with Crippen molar-refractivity contribution >= 4 is 18.0 Å². The van der Waals surface area contributed by atoms with Crippen molar-refractivity contribution in [3.05, 3.63) is 59.7 Å². The van der Waals surface area contributed by atoms with Crippen molar-refractivity contribution in [2.24, 2.45) is 0 Å². The van der Waals surface area contributed by atoms with Gasteiger partial charge in [0, 0.05) is 11.6 Å². The highest BCUT2D eigenvalue weighted by molar-refractivity contribution is 5.91. The Morgan fingerprint density at radius 2 is 1.64 bits per heavy atom. The van der Waals surface area contributed by atoms with Gasteiger partial charge in [0.15, 0.2) is 11.5 Å². The van der Waals surface area contributed by atoms with E-state index in [2.05, 4.69) is 4.74 Å². The number of esters is 2. The molecule has 0 N–H and O–H groups in total. The Hall–Kier alpha value is -3.28. The van der Waals surface area contributed by atoms with Crippen molar-refractivity contribution < 1.29 is 28.5 Å². The summed E-state index contributed by atoms with van der Waals surface area (Å²) in [5, 5.41) is 0. The van der Waals surface area contributed by atoms with Crippen LogP contribution in [-0.4, -0.2) is 33.3 Å². The molecule has 0 spiro atoms. The van der Waals surface area contributed by atoms with Crippen molar-refractivity contribution in [1.82, 2.24) is 0 Å². The Morgan fingerprint density at radius 3 is 2.24 bits per heavy atom. The lowest BCUT2D eigenvalue weighted by Crippen LogP contribution is -2.05. The van der Waals surface area contributed by atoms with Gasteiger partial charge >= 0.3 is 11.9 Å². The van der Waals surface area contributed by atoms with Crippen LogP contribution >= 0.6 is 0 Å². The van der Waals surface area contributed by atoms with Gasteiger partial charge in [0.25, 0.3) is 0 Å². The Balaban J connectivity index is 2.07. The number of hydrogen-bond acceptors (Lipinski definition) is 6. The van der Waals surface area contributed by atoms with Crippen LogP contribution in [0.2, 0.25) is 0 Å². The van der Waals surface area contributed by atoms with E-state index in [4.69, 9.17) is 14.2 Å². The summed E-state index contributed by atoms with van der Waals surface area (Å²) >= 11 is 0. The van der Waals surface area contributed by atoms with Crippen LogP contribution in [0.5, 0.6) is 17.2 Å². The lowest BCUT2D eigenvalue weighted by atomic mass is 10.1. The standard InChI is InChI=1S/C19H18O6/c1-22-16-6-4-5-13(18(16)23-2)9-12-17(20)25-15-10-7-14(8-11-15)19(21)24-3/h4-12H,1-3H3/b12-9+. The molecule has 0 aliphatic rings. The molecule has 2 rings (SSSR count). The summed E-state index contributed by atoms with van der Waals surface area (Å²) < 4.78 is 20.3. The molecular weight excluding hydrogens is 324 g/mol. The van der Waals surface area contributed by atoms with E-state index in [1.165, 1.54) is 51.7 Å². The minimum atomic E-state index is -0.560. The third-order valence-corrected chi connectivity index (χ3v) is 3.33. The fourth-order valence-electron chi connectivity index (χ4n) is 2.13. The molecule has 25 heavy (non-hydrogen) atoms. The topological polar surface area (TPSA) is 71.1 Å². The highest BCUT2D eigenvalue weighted by Crippen LogP contribution is 2.31. The zero-order valence-corrected chi connectivity index (χ0v) is 14.1. The van der Waals surface area contributed by atoms with Gasteiger partial charge in [-0.2, -0.15) is 0 Å². The molecule has 0 radical (unpaired) electrons. The minimum Gasteiger partial charge on any atom is -0.493 e. The van der Waals surface area contributed by atoms with Crippen molar-refractivity contribution in [2.45, 2.75) is 0 Å². The van der Waals surface area contributed by atoms with E-state index in [1.807, 2.05) is 0 Å². The smallest absolute Gasteiger partial charge is 0.337 e. The van der Waals surface area contributed by atoms with Gasteiger partial charge in [-0.3, -0.25) is 0 Å². The summed E-state index contributed by atoms with van der Waals surface area (Å²) in [5.74, 6) is 0.395. The van der Waals surface area contributed by atoms with Gasteiger partial charge in [0.05, 0.1) is 26.9 Å². The monoisotopic (exact) mass is 342 g/mol. The predicted octanol–water partition coefficient (Wildman–Crippen LogP) is 3.11. The first-order chi connectivity index (χ1) is 12.1. The highest BCUT2D eigenvalue weighted by Gasteiger charge is 2.09. The van der Waals surface area contributed by atoms with Gasteiger partial charge in [0.1, 0.15) is 5.75 Å². The van der Waals surface area contributed by atoms with E-state index < -0.39 is 11.9 Å². The number of carbonyl (C=O) groups excluding carboxylic acids is 2. The maximum absolute atomic E-state index is 11.9. The second-order valence-corrected chi connectivity index (χ2v) is 4.85. The Labute approximate surface area is 145 Å².